The van der Waals surface area contributed by atoms with E-state index in [1.807, 2.05) is 26.0 Å². The topological polar surface area (TPSA) is 68.0 Å². The SMILES string of the molecule is Cc1cc(N)c(NC(=O)c2cccnc2)cc1C. The molecule has 92 valence electrons. The average molecular weight is 241 g/mol. The van der Waals surface area contributed by atoms with Gasteiger partial charge in [-0.2, -0.15) is 0 Å². The Bertz CT molecular complexity index is 579. The molecule has 3 N–H and O–H groups in total. The minimum atomic E-state index is -0.210. The molecule has 4 nitrogen and oxygen atoms in total. The van der Waals surface area contributed by atoms with Crippen molar-refractivity contribution in [2.24, 2.45) is 0 Å². The number of benzene rings is 1. The summed E-state index contributed by atoms with van der Waals surface area (Å²) in [5, 5.41) is 2.79. The summed E-state index contributed by atoms with van der Waals surface area (Å²) in [5.74, 6) is -0.210. The summed E-state index contributed by atoms with van der Waals surface area (Å²) in [6.45, 7) is 3.97. The second kappa shape index (κ2) is 4.87. The molecule has 2 rings (SSSR count). The molecular weight excluding hydrogens is 226 g/mol. The van der Waals surface area contributed by atoms with E-state index >= 15 is 0 Å². The number of anilines is 2. The van der Waals surface area contributed by atoms with Crippen molar-refractivity contribution < 1.29 is 4.79 Å². The van der Waals surface area contributed by atoms with E-state index in [2.05, 4.69) is 10.3 Å². The van der Waals surface area contributed by atoms with Crippen LogP contribution in [0.2, 0.25) is 0 Å². The number of hydrogen-bond acceptors (Lipinski definition) is 3. The lowest BCUT2D eigenvalue weighted by Crippen LogP contribution is -2.13. The normalized spacial score (nSPS) is 10.1. The van der Waals surface area contributed by atoms with Crippen LogP contribution in [0.25, 0.3) is 0 Å². The molecule has 0 radical (unpaired) electrons. The van der Waals surface area contributed by atoms with Crippen LogP contribution in [0.4, 0.5) is 11.4 Å². The molecule has 0 saturated carbocycles. The first-order valence-electron chi connectivity index (χ1n) is 5.66. The Labute approximate surface area is 106 Å². The Kier molecular flexibility index (Phi) is 3.28. The maximum absolute atomic E-state index is 12.0. The molecule has 0 fully saturated rings. The second-order valence-corrected chi connectivity index (χ2v) is 4.22. The van der Waals surface area contributed by atoms with Crippen LogP contribution in [0.15, 0.2) is 36.7 Å². The van der Waals surface area contributed by atoms with Gasteiger partial charge in [-0.3, -0.25) is 9.78 Å². The van der Waals surface area contributed by atoms with E-state index in [0.29, 0.717) is 16.9 Å². The fourth-order valence-electron chi connectivity index (χ4n) is 1.64. The molecule has 0 bridgehead atoms. The van der Waals surface area contributed by atoms with Crippen molar-refractivity contribution in [1.29, 1.82) is 0 Å². The van der Waals surface area contributed by atoms with E-state index in [9.17, 15) is 4.79 Å². The van der Waals surface area contributed by atoms with Crippen molar-refractivity contribution in [1.82, 2.24) is 4.98 Å². The molecular formula is C14H15N3O. The van der Waals surface area contributed by atoms with Crippen LogP contribution in [0.3, 0.4) is 0 Å². The van der Waals surface area contributed by atoms with Crippen molar-refractivity contribution in [2.45, 2.75) is 13.8 Å². The lowest BCUT2D eigenvalue weighted by Gasteiger charge is -2.10. The van der Waals surface area contributed by atoms with Gasteiger partial charge in [0.25, 0.3) is 5.91 Å². The van der Waals surface area contributed by atoms with Gasteiger partial charge < -0.3 is 11.1 Å². The van der Waals surface area contributed by atoms with E-state index in [-0.39, 0.29) is 5.91 Å². The molecule has 0 aliphatic heterocycles. The Morgan fingerprint density at radius 3 is 2.67 bits per heavy atom. The van der Waals surface area contributed by atoms with Gasteiger partial charge in [0.2, 0.25) is 0 Å². The zero-order valence-electron chi connectivity index (χ0n) is 10.4. The first-order valence-corrected chi connectivity index (χ1v) is 5.66. The minimum absolute atomic E-state index is 0.210. The van der Waals surface area contributed by atoms with E-state index in [1.165, 1.54) is 6.20 Å². The van der Waals surface area contributed by atoms with Gasteiger partial charge in [-0.25, -0.2) is 0 Å². The van der Waals surface area contributed by atoms with Gasteiger partial charge >= 0.3 is 0 Å². The largest absolute Gasteiger partial charge is 0.397 e. The van der Waals surface area contributed by atoms with Crippen molar-refractivity contribution in [3.05, 3.63) is 53.3 Å². The zero-order valence-corrected chi connectivity index (χ0v) is 10.4. The van der Waals surface area contributed by atoms with E-state index in [4.69, 9.17) is 5.73 Å². The lowest BCUT2D eigenvalue weighted by atomic mass is 10.1. The van der Waals surface area contributed by atoms with Crippen LogP contribution >= 0.6 is 0 Å². The molecule has 0 unspecified atom stereocenters. The lowest BCUT2D eigenvalue weighted by molar-refractivity contribution is 0.102. The number of nitrogens with one attached hydrogen (secondary N) is 1. The summed E-state index contributed by atoms with van der Waals surface area (Å²) in [4.78, 5) is 15.9. The summed E-state index contributed by atoms with van der Waals surface area (Å²) in [7, 11) is 0. The summed E-state index contributed by atoms with van der Waals surface area (Å²) in [6, 6.07) is 7.16. The maximum atomic E-state index is 12.0. The molecule has 18 heavy (non-hydrogen) atoms. The Morgan fingerprint density at radius 1 is 1.28 bits per heavy atom. The number of nitrogens with zero attached hydrogens (tertiary/aromatic N) is 1. The predicted octanol–water partition coefficient (Wildman–Crippen LogP) is 2.53. The molecule has 0 aliphatic rings. The maximum Gasteiger partial charge on any atom is 0.257 e. The van der Waals surface area contributed by atoms with Crippen LogP contribution in [0, 0.1) is 13.8 Å². The fraction of sp³-hybridized carbons (Fsp3) is 0.143. The van der Waals surface area contributed by atoms with Crippen LogP contribution in [-0.4, -0.2) is 10.9 Å². The molecule has 2 aromatic rings. The number of carbonyl (C=O) groups excluding carboxylic acids is 1. The molecule has 1 heterocycles. The third-order valence-electron chi connectivity index (χ3n) is 2.84. The number of pyridine rings is 1. The van der Waals surface area contributed by atoms with Gasteiger partial charge in [0.15, 0.2) is 0 Å². The second-order valence-electron chi connectivity index (χ2n) is 4.22. The summed E-state index contributed by atoms with van der Waals surface area (Å²) in [6.07, 6.45) is 3.15. The average Bonchev–Trinajstić information content (AvgIpc) is 2.37. The quantitative estimate of drug-likeness (QED) is 0.794. The Balaban J connectivity index is 2.25. The zero-order chi connectivity index (χ0) is 13.1. The molecule has 0 saturated heterocycles. The van der Waals surface area contributed by atoms with E-state index in [0.717, 1.165) is 11.1 Å². The molecule has 0 aliphatic carbocycles. The fourth-order valence-corrected chi connectivity index (χ4v) is 1.64. The smallest absolute Gasteiger partial charge is 0.257 e. The monoisotopic (exact) mass is 241 g/mol. The first kappa shape index (κ1) is 12.1. The number of aromatic nitrogens is 1. The van der Waals surface area contributed by atoms with Crippen LogP contribution < -0.4 is 11.1 Å². The highest BCUT2D eigenvalue weighted by Gasteiger charge is 2.09. The first-order chi connectivity index (χ1) is 8.58. The van der Waals surface area contributed by atoms with Crippen LogP contribution in [0.1, 0.15) is 21.5 Å². The highest BCUT2D eigenvalue weighted by atomic mass is 16.1. The number of nitrogens with two attached hydrogens (primary N) is 1. The number of carbonyl (C=O) groups is 1. The number of nitrogen functional groups attached to an aromatic ring is 1. The van der Waals surface area contributed by atoms with Gasteiger partial charge in [0.05, 0.1) is 16.9 Å². The number of hydrogen-bond donors (Lipinski definition) is 2. The minimum Gasteiger partial charge on any atom is -0.397 e. The van der Waals surface area contributed by atoms with Crippen molar-refractivity contribution >= 4 is 17.3 Å². The highest BCUT2D eigenvalue weighted by Crippen LogP contribution is 2.23. The molecule has 4 heteroatoms. The molecule has 1 aromatic heterocycles. The molecule has 1 amide bonds. The number of amides is 1. The third kappa shape index (κ3) is 2.48. The van der Waals surface area contributed by atoms with Gasteiger partial charge in [-0.05, 0) is 49.2 Å². The molecule has 0 atom stereocenters. The third-order valence-corrected chi connectivity index (χ3v) is 2.84. The van der Waals surface area contributed by atoms with Crippen LogP contribution in [0.5, 0.6) is 0 Å². The van der Waals surface area contributed by atoms with Gasteiger partial charge in [0.1, 0.15) is 0 Å². The Morgan fingerprint density at radius 2 is 2.00 bits per heavy atom. The summed E-state index contributed by atoms with van der Waals surface area (Å²) >= 11 is 0. The highest BCUT2D eigenvalue weighted by molar-refractivity contribution is 6.05. The summed E-state index contributed by atoms with van der Waals surface area (Å²) in [5.41, 5.74) is 9.78. The molecule has 0 spiro atoms. The van der Waals surface area contributed by atoms with Crippen LogP contribution in [-0.2, 0) is 0 Å². The van der Waals surface area contributed by atoms with Crippen molar-refractivity contribution in [3.63, 3.8) is 0 Å². The Hall–Kier alpha value is -2.36. The van der Waals surface area contributed by atoms with Crippen molar-refractivity contribution in [3.8, 4) is 0 Å². The molecule has 1 aromatic carbocycles. The summed E-state index contributed by atoms with van der Waals surface area (Å²) < 4.78 is 0. The van der Waals surface area contributed by atoms with Crippen molar-refractivity contribution in [2.75, 3.05) is 11.1 Å². The number of rotatable bonds is 2. The van der Waals surface area contributed by atoms with Gasteiger partial charge in [0, 0.05) is 12.4 Å². The van der Waals surface area contributed by atoms with Gasteiger partial charge in [-0.1, -0.05) is 0 Å². The predicted molar refractivity (Wildman–Crippen MR) is 72.5 cm³/mol. The number of aryl methyl sites for hydroxylation is 2. The standard InChI is InChI=1S/C14H15N3O/c1-9-6-12(15)13(7-10(9)2)17-14(18)11-4-3-5-16-8-11/h3-8H,15H2,1-2H3,(H,17,18). The van der Waals surface area contributed by atoms with Gasteiger partial charge in [-0.15, -0.1) is 0 Å². The van der Waals surface area contributed by atoms with E-state index in [1.54, 1.807) is 18.3 Å². The van der Waals surface area contributed by atoms with E-state index < -0.39 is 0 Å².